The smallest absolute Gasteiger partial charge is 0.146 e. The Hall–Kier alpha value is -2.35. The second kappa shape index (κ2) is 8.79. The fourth-order valence-corrected chi connectivity index (χ4v) is 4.45. The molecule has 1 fully saturated rings. The van der Waals surface area contributed by atoms with Gasteiger partial charge < -0.3 is 16.4 Å². The van der Waals surface area contributed by atoms with Crippen LogP contribution in [0.25, 0.3) is 11.1 Å². The molecule has 1 aromatic carbocycles. The number of hydrogen-bond donors (Lipinski definition) is 3. The van der Waals surface area contributed by atoms with E-state index < -0.39 is 5.82 Å². The van der Waals surface area contributed by atoms with Crippen molar-refractivity contribution in [3.05, 3.63) is 58.2 Å². The number of aromatic nitrogens is 3. The van der Waals surface area contributed by atoms with Crippen molar-refractivity contribution in [3.63, 3.8) is 0 Å². The van der Waals surface area contributed by atoms with Gasteiger partial charge in [-0.15, -0.1) is 0 Å². The fraction of sp³-hybridized carbons (Fsp3) is 0.333. The molecule has 1 unspecified atom stereocenters. The molecule has 1 aliphatic rings. The molecule has 0 bridgehead atoms. The molecule has 0 saturated carbocycles. The minimum Gasteiger partial charge on any atom is -0.382 e. The number of anilines is 2. The molecule has 0 amide bonds. The third-order valence-electron chi connectivity index (χ3n) is 5.42. The Labute approximate surface area is 184 Å². The van der Waals surface area contributed by atoms with Crippen LogP contribution >= 0.6 is 23.2 Å². The van der Waals surface area contributed by atoms with Crippen molar-refractivity contribution in [1.82, 2.24) is 20.1 Å². The summed E-state index contributed by atoms with van der Waals surface area (Å²) in [5, 5.41) is 11.5. The number of nitrogens with two attached hydrogens (primary N) is 1. The molecule has 1 atom stereocenters. The minimum absolute atomic E-state index is 0.00608. The van der Waals surface area contributed by atoms with Crippen molar-refractivity contribution in [3.8, 4) is 11.1 Å². The molecule has 0 spiro atoms. The number of nitrogens with one attached hydrogen (secondary N) is 2. The highest BCUT2D eigenvalue weighted by Gasteiger charge is 2.19. The van der Waals surface area contributed by atoms with Crippen LogP contribution in [0.2, 0.25) is 10.0 Å². The van der Waals surface area contributed by atoms with E-state index in [1.54, 1.807) is 6.20 Å². The van der Waals surface area contributed by atoms with Gasteiger partial charge in [0.2, 0.25) is 0 Å². The number of rotatable bonds is 5. The van der Waals surface area contributed by atoms with Crippen molar-refractivity contribution in [2.75, 3.05) is 24.1 Å². The average Bonchev–Trinajstić information content (AvgIpc) is 3.24. The Bertz CT molecular complexity index is 1050. The molecule has 0 aliphatic carbocycles. The third kappa shape index (κ3) is 4.24. The van der Waals surface area contributed by atoms with Gasteiger partial charge in [-0.1, -0.05) is 23.2 Å². The summed E-state index contributed by atoms with van der Waals surface area (Å²) in [7, 11) is 0. The van der Waals surface area contributed by atoms with Gasteiger partial charge in [-0.3, -0.25) is 4.68 Å². The zero-order valence-corrected chi connectivity index (χ0v) is 18.0. The second-order valence-electron chi connectivity index (χ2n) is 7.47. The number of halogens is 3. The summed E-state index contributed by atoms with van der Waals surface area (Å²) >= 11 is 12.4. The molecule has 30 heavy (non-hydrogen) atoms. The summed E-state index contributed by atoms with van der Waals surface area (Å²) in [5.41, 5.74) is 9.01. The molecule has 3 heterocycles. The lowest BCUT2D eigenvalue weighted by molar-refractivity contribution is 0.343. The summed E-state index contributed by atoms with van der Waals surface area (Å²) in [4.78, 5) is 4.31. The highest BCUT2D eigenvalue weighted by Crippen LogP contribution is 2.35. The van der Waals surface area contributed by atoms with Crippen LogP contribution in [0.5, 0.6) is 0 Å². The molecule has 1 aliphatic heterocycles. The Morgan fingerprint density at radius 2 is 2.00 bits per heavy atom. The lowest BCUT2D eigenvalue weighted by Gasteiger charge is -2.22. The monoisotopic (exact) mass is 448 g/mol. The van der Waals surface area contributed by atoms with E-state index in [0.29, 0.717) is 28.1 Å². The molecule has 9 heteroatoms. The lowest BCUT2D eigenvalue weighted by Crippen LogP contribution is -2.29. The summed E-state index contributed by atoms with van der Waals surface area (Å²) in [6.45, 7) is 3.84. The van der Waals surface area contributed by atoms with E-state index in [0.717, 1.165) is 37.1 Å². The molecule has 3 aromatic rings. The zero-order chi connectivity index (χ0) is 21.3. The zero-order valence-electron chi connectivity index (χ0n) is 16.5. The van der Waals surface area contributed by atoms with E-state index in [1.807, 2.05) is 30.1 Å². The highest BCUT2D eigenvalue weighted by atomic mass is 35.5. The normalized spacial score (nSPS) is 15.9. The molecule has 6 nitrogen and oxygen atoms in total. The van der Waals surface area contributed by atoms with E-state index in [2.05, 4.69) is 20.7 Å². The molecular formula is C21H23Cl2FN6. The quantitative estimate of drug-likeness (QED) is 0.474. The maximum Gasteiger partial charge on any atom is 0.146 e. The Morgan fingerprint density at radius 3 is 2.77 bits per heavy atom. The van der Waals surface area contributed by atoms with Gasteiger partial charge in [0.1, 0.15) is 11.6 Å². The van der Waals surface area contributed by atoms with Crippen LogP contribution in [-0.2, 0) is 0 Å². The largest absolute Gasteiger partial charge is 0.382 e. The van der Waals surface area contributed by atoms with Gasteiger partial charge in [0.25, 0.3) is 0 Å². The molecule has 4 N–H and O–H groups in total. The first-order chi connectivity index (χ1) is 14.4. The number of benzene rings is 1. The van der Waals surface area contributed by atoms with Crippen LogP contribution in [0.4, 0.5) is 15.9 Å². The SMILES string of the molecule is CC(Nc1cc(-c2cnn(C3CCNCC3)c2)cnc1N)c1c(Cl)ccc(F)c1Cl. The molecular weight excluding hydrogens is 426 g/mol. The van der Waals surface area contributed by atoms with Gasteiger partial charge in [-0.25, -0.2) is 9.37 Å². The van der Waals surface area contributed by atoms with E-state index in [9.17, 15) is 4.39 Å². The van der Waals surface area contributed by atoms with Gasteiger partial charge in [-0.05, 0) is 51.1 Å². The van der Waals surface area contributed by atoms with Crippen molar-refractivity contribution < 1.29 is 4.39 Å². The summed E-state index contributed by atoms with van der Waals surface area (Å²) in [5.74, 6) is -0.185. The van der Waals surface area contributed by atoms with Crippen LogP contribution in [0, 0.1) is 5.82 Å². The van der Waals surface area contributed by atoms with Gasteiger partial charge in [-0.2, -0.15) is 5.10 Å². The van der Waals surface area contributed by atoms with E-state index in [-0.39, 0.29) is 11.1 Å². The van der Waals surface area contributed by atoms with E-state index in [4.69, 9.17) is 28.9 Å². The van der Waals surface area contributed by atoms with Crippen molar-refractivity contribution in [1.29, 1.82) is 0 Å². The Morgan fingerprint density at radius 1 is 1.23 bits per heavy atom. The van der Waals surface area contributed by atoms with Gasteiger partial charge >= 0.3 is 0 Å². The number of nitrogens with zero attached hydrogens (tertiary/aromatic N) is 3. The molecule has 4 rings (SSSR count). The van der Waals surface area contributed by atoms with E-state index in [1.165, 1.54) is 12.1 Å². The molecule has 158 valence electrons. The summed E-state index contributed by atoms with van der Waals surface area (Å²) in [6, 6.07) is 4.67. The predicted molar refractivity (Wildman–Crippen MR) is 119 cm³/mol. The van der Waals surface area contributed by atoms with Crippen LogP contribution < -0.4 is 16.4 Å². The first-order valence-electron chi connectivity index (χ1n) is 9.84. The number of piperidine rings is 1. The van der Waals surface area contributed by atoms with Crippen molar-refractivity contribution in [2.45, 2.75) is 31.8 Å². The Kier molecular flexibility index (Phi) is 6.13. The number of pyridine rings is 1. The standard InChI is InChI=1S/C21H23Cl2FN6/c1-12(19-16(22)2-3-17(24)20(19)23)29-18-8-13(9-27-21(18)25)14-10-28-30(11-14)15-4-6-26-7-5-15/h2-3,8-12,15,26,29H,4-7H2,1H3,(H2,25,27). The minimum atomic E-state index is -0.519. The first-order valence-corrected chi connectivity index (χ1v) is 10.6. The maximum atomic E-state index is 13.9. The Balaban J connectivity index is 1.58. The number of hydrogen-bond acceptors (Lipinski definition) is 5. The lowest BCUT2D eigenvalue weighted by atomic mass is 10.1. The van der Waals surface area contributed by atoms with Crippen LogP contribution in [0.3, 0.4) is 0 Å². The maximum absolute atomic E-state index is 13.9. The summed E-state index contributed by atoms with van der Waals surface area (Å²) in [6.07, 6.45) is 7.71. The van der Waals surface area contributed by atoms with Crippen LogP contribution in [0.1, 0.15) is 37.4 Å². The first kappa shape index (κ1) is 20.9. The highest BCUT2D eigenvalue weighted by molar-refractivity contribution is 6.36. The van der Waals surface area contributed by atoms with Gasteiger partial charge in [0.15, 0.2) is 0 Å². The molecule has 0 radical (unpaired) electrons. The summed E-state index contributed by atoms with van der Waals surface area (Å²) < 4.78 is 15.9. The predicted octanol–water partition coefficient (Wildman–Crippen LogP) is 5.07. The average molecular weight is 449 g/mol. The second-order valence-corrected chi connectivity index (χ2v) is 8.26. The van der Waals surface area contributed by atoms with Gasteiger partial charge in [0.05, 0.1) is 29.0 Å². The third-order valence-corrected chi connectivity index (χ3v) is 6.13. The molecule has 1 saturated heterocycles. The topological polar surface area (TPSA) is 80.8 Å². The molecule has 2 aromatic heterocycles. The fourth-order valence-electron chi connectivity index (χ4n) is 3.75. The van der Waals surface area contributed by atoms with Gasteiger partial charge in [0, 0.05) is 34.1 Å². The van der Waals surface area contributed by atoms with Crippen LogP contribution in [-0.4, -0.2) is 27.9 Å². The van der Waals surface area contributed by atoms with Crippen LogP contribution in [0.15, 0.2) is 36.8 Å². The number of nitrogen functional groups attached to an aromatic ring is 1. The van der Waals surface area contributed by atoms with Crippen molar-refractivity contribution >= 4 is 34.7 Å². The van der Waals surface area contributed by atoms with E-state index >= 15 is 0 Å². The van der Waals surface area contributed by atoms with Crippen molar-refractivity contribution in [2.24, 2.45) is 0 Å².